The molecule has 0 bridgehead atoms. The van der Waals surface area contributed by atoms with E-state index >= 15 is 0 Å². The number of thiocarbonyl (C=S) groups is 1. The molecule has 0 saturated carbocycles. The number of thioether (sulfide) groups is 1. The molecule has 0 unspecified atom stereocenters. The standard InChI is InChI=1S/C15H16N2O3S2/c18-13(19)4-2-1-3-9-17-14(20)12(22-15(17)21)10-11-5-7-16-8-6-11/h5-8,10H,1-4,9H2,(H,18,19)/p-1. The molecule has 1 aliphatic heterocycles. The normalized spacial score (nSPS) is 16.5. The summed E-state index contributed by atoms with van der Waals surface area (Å²) in [7, 11) is 0. The van der Waals surface area contributed by atoms with Crippen molar-refractivity contribution >= 4 is 46.3 Å². The average molecular weight is 335 g/mol. The zero-order valence-electron chi connectivity index (χ0n) is 11.9. The lowest BCUT2D eigenvalue weighted by Crippen LogP contribution is -2.29. The Morgan fingerprint density at radius 1 is 1.32 bits per heavy atom. The second kappa shape index (κ2) is 8.05. The highest BCUT2D eigenvalue weighted by molar-refractivity contribution is 8.26. The number of aromatic nitrogens is 1. The highest BCUT2D eigenvalue weighted by atomic mass is 32.2. The number of carboxylic acids is 1. The average Bonchev–Trinajstić information content (AvgIpc) is 2.75. The van der Waals surface area contributed by atoms with Gasteiger partial charge in [0.2, 0.25) is 0 Å². The first-order valence-electron chi connectivity index (χ1n) is 6.93. The number of unbranched alkanes of at least 4 members (excludes halogenated alkanes) is 2. The van der Waals surface area contributed by atoms with Crippen LogP contribution in [0, 0.1) is 0 Å². The predicted octanol–water partition coefficient (Wildman–Crippen LogP) is 1.59. The molecule has 1 fully saturated rings. The molecule has 5 nitrogen and oxygen atoms in total. The van der Waals surface area contributed by atoms with Gasteiger partial charge in [-0.25, -0.2) is 0 Å². The highest BCUT2D eigenvalue weighted by Gasteiger charge is 2.31. The Balaban J connectivity index is 1.89. The van der Waals surface area contributed by atoms with Crippen LogP contribution in [-0.4, -0.2) is 32.6 Å². The SMILES string of the molecule is O=C([O-])CCCCCN1C(=O)C(=Cc2ccncc2)SC1=S. The van der Waals surface area contributed by atoms with Gasteiger partial charge in [0, 0.05) is 24.9 Å². The van der Waals surface area contributed by atoms with Crippen molar-refractivity contribution in [1.82, 2.24) is 9.88 Å². The topological polar surface area (TPSA) is 73.3 Å². The van der Waals surface area contributed by atoms with Gasteiger partial charge in [0.25, 0.3) is 5.91 Å². The summed E-state index contributed by atoms with van der Waals surface area (Å²) in [4.78, 5) is 28.8. The number of carbonyl (C=O) groups excluding carboxylic acids is 2. The molecule has 0 aliphatic carbocycles. The maximum absolute atomic E-state index is 12.3. The molecule has 1 saturated heterocycles. The number of amides is 1. The van der Waals surface area contributed by atoms with Crippen molar-refractivity contribution in [2.24, 2.45) is 0 Å². The van der Waals surface area contributed by atoms with Crippen molar-refractivity contribution in [3.05, 3.63) is 35.0 Å². The summed E-state index contributed by atoms with van der Waals surface area (Å²) in [6, 6.07) is 3.65. The van der Waals surface area contributed by atoms with E-state index in [0.29, 0.717) is 22.2 Å². The fraction of sp³-hybridized carbons (Fsp3) is 0.333. The summed E-state index contributed by atoms with van der Waals surface area (Å²) < 4.78 is 0.546. The zero-order chi connectivity index (χ0) is 15.9. The number of pyridine rings is 1. The molecule has 1 aromatic rings. The van der Waals surface area contributed by atoms with E-state index in [4.69, 9.17) is 12.2 Å². The molecule has 1 amide bonds. The molecule has 7 heteroatoms. The maximum Gasteiger partial charge on any atom is 0.266 e. The van der Waals surface area contributed by atoms with Crippen LogP contribution in [0.2, 0.25) is 0 Å². The van der Waals surface area contributed by atoms with E-state index in [1.165, 1.54) is 11.8 Å². The smallest absolute Gasteiger partial charge is 0.266 e. The number of hydrogen-bond acceptors (Lipinski definition) is 6. The molecular weight excluding hydrogens is 320 g/mol. The van der Waals surface area contributed by atoms with Crippen LogP contribution < -0.4 is 5.11 Å². The van der Waals surface area contributed by atoms with E-state index in [1.54, 1.807) is 23.4 Å². The van der Waals surface area contributed by atoms with Gasteiger partial charge in [-0.1, -0.05) is 30.4 Å². The molecule has 0 aromatic carbocycles. The minimum absolute atomic E-state index is 0.0559. The van der Waals surface area contributed by atoms with Crippen molar-refractivity contribution in [2.45, 2.75) is 25.7 Å². The lowest BCUT2D eigenvalue weighted by molar-refractivity contribution is -0.305. The van der Waals surface area contributed by atoms with Gasteiger partial charge in [0.1, 0.15) is 4.32 Å². The third kappa shape index (κ3) is 4.64. The van der Waals surface area contributed by atoms with E-state index < -0.39 is 5.97 Å². The lowest BCUT2D eigenvalue weighted by Gasteiger charge is -2.14. The van der Waals surface area contributed by atoms with Gasteiger partial charge < -0.3 is 9.90 Å². The highest BCUT2D eigenvalue weighted by Crippen LogP contribution is 2.32. The number of aliphatic carboxylic acids is 1. The maximum atomic E-state index is 12.3. The van der Waals surface area contributed by atoms with Crippen LogP contribution in [0.3, 0.4) is 0 Å². The Kier molecular flexibility index (Phi) is 6.09. The molecule has 0 atom stereocenters. The summed E-state index contributed by atoms with van der Waals surface area (Å²) in [6.45, 7) is 0.519. The Bertz CT molecular complexity index is 602. The van der Waals surface area contributed by atoms with Crippen LogP contribution in [-0.2, 0) is 9.59 Å². The van der Waals surface area contributed by atoms with Crippen molar-refractivity contribution in [2.75, 3.05) is 6.54 Å². The largest absolute Gasteiger partial charge is 0.550 e. The number of nitrogens with zero attached hydrogens (tertiary/aromatic N) is 2. The third-order valence-corrected chi connectivity index (χ3v) is 4.52. The Hall–Kier alpha value is -1.73. The zero-order valence-corrected chi connectivity index (χ0v) is 13.5. The third-order valence-electron chi connectivity index (χ3n) is 3.14. The molecule has 0 spiro atoms. The van der Waals surface area contributed by atoms with Crippen molar-refractivity contribution in [3.8, 4) is 0 Å². The van der Waals surface area contributed by atoms with Gasteiger partial charge in [-0.05, 0) is 43.0 Å². The number of rotatable bonds is 7. The Labute approximate surface area is 138 Å². The van der Waals surface area contributed by atoms with Crippen LogP contribution in [0.1, 0.15) is 31.2 Å². The molecule has 116 valence electrons. The summed E-state index contributed by atoms with van der Waals surface area (Å²) >= 11 is 6.53. The minimum atomic E-state index is -1.04. The molecule has 2 heterocycles. The van der Waals surface area contributed by atoms with Crippen LogP contribution in [0.4, 0.5) is 0 Å². The minimum Gasteiger partial charge on any atom is -0.550 e. The van der Waals surface area contributed by atoms with Crippen LogP contribution in [0.5, 0.6) is 0 Å². The van der Waals surface area contributed by atoms with Crippen molar-refractivity contribution < 1.29 is 14.7 Å². The van der Waals surface area contributed by atoms with Gasteiger partial charge in [-0.3, -0.25) is 14.7 Å². The van der Waals surface area contributed by atoms with E-state index in [1.807, 2.05) is 12.1 Å². The fourth-order valence-corrected chi connectivity index (χ4v) is 3.33. The summed E-state index contributed by atoms with van der Waals surface area (Å²) in [5.74, 6) is -1.13. The molecule has 1 aliphatic rings. The van der Waals surface area contributed by atoms with Gasteiger partial charge in [0.05, 0.1) is 4.91 Å². The first-order chi connectivity index (χ1) is 10.6. The molecule has 1 aromatic heterocycles. The van der Waals surface area contributed by atoms with Gasteiger partial charge in [-0.15, -0.1) is 0 Å². The second-order valence-corrected chi connectivity index (χ2v) is 6.47. The number of carbonyl (C=O) groups is 2. The van der Waals surface area contributed by atoms with E-state index in [-0.39, 0.29) is 12.3 Å². The fourth-order valence-electron chi connectivity index (χ4n) is 2.02. The monoisotopic (exact) mass is 335 g/mol. The molecule has 22 heavy (non-hydrogen) atoms. The first kappa shape index (κ1) is 16.6. The van der Waals surface area contributed by atoms with E-state index in [2.05, 4.69) is 4.98 Å². The number of carboxylic acid groups (broad SMARTS) is 1. The quantitative estimate of drug-likeness (QED) is 0.428. The van der Waals surface area contributed by atoms with Crippen molar-refractivity contribution in [1.29, 1.82) is 0 Å². The molecule has 0 N–H and O–H groups in total. The summed E-state index contributed by atoms with van der Waals surface area (Å²) in [5.41, 5.74) is 0.907. The number of hydrogen-bond donors (Lipinski definition) is 0. The van der Waals surface area contributed by atoms with Crippen LogP contribution in [0.25, 0.3) is 6.08 Å². The molecular formula is C15H15N2O3S2-. The van der Waals surface area contributed by atoms with Crippen LogP contribution in [0.15, 0.2) is 29.4 Å². The lowest BCUT2D eigenvalue weighted by atomic mass is 10.2. The Morgan fingerprint density at radius 2 is 2.05 bits per heavy atom. The summed E-state index contributed by atoms with van der Waals surface area (Å²) in [5, 5.41) is 10.3. The van der Waals surface area contributed by atoms with E-state index in [0.717, 1.165) is 18.4 Å². The van der Waals surface area contributed by atoms with Gasteiger partial charge in [-0.2, -0.15) is 0 Å². The Morgan fingerprint density at radius 3 is 2.73 bits per heavy atom. The first-order valence-corrected chi connectivity index (χ1v) is 8.15. The molecule has 0 radical (unpaired) electrons. The molecule has 2 rings (SSSR count). The van der Waals surface area contributed by atoms with Gasteiger partial charge in [0.15, 0.2) is 0 Å². The van der Waals surface area contributed by atoms with E-state index in [9.17, 15) is 14.7 Å². The van der Waals surface area contributed by atoms with Crippen LogP contribution >= 0.6 is 24.0 Å². The second-order valence-electron chi connectivity index (χ2n) is 4.80. The predicted molar refractivity (Wildman–Crippen MR) is 87.6 cm³/mol. The summed E-state index contributed by atoms with van der Waals surface area (Å²) in [6.07, 6.45) is 7.21. The van der Waals surface area contributed by atoms with Gasteiger partial charge >= 0.3 is 0 Å². The van der Waals surface area contributed by atoms with Crippen molar-refractivity contribution in [3.63, 3.8) is 0 Å².